The van der Waals surface area contributed by atoms with Gasteiger partial charge in [-0.3, -0.25) is 0 Å². The van der Waals surface area contributed by atoms with Crippen molar-refractivity contribution in [1.29, 1.82) is 0 Å². The van der Waals surface area contributed by atoms with E-state index in [1.807, 2.05) is 13.0 Å². The van der Waals surface area contributed by atoms with Crippen LogP contribution in [0.15, 0.2) is 47.6 Å². The Morgan fingerprint density at radius 3 is 2.12 bits per heavy atom. The summed E-state index contributed by atoms with van der Waals surface area (Å²) < 4.78 is 56.5. The summed E-state index contributed by atoms with van der Waals surface area (Å²) in [7, 11) is 4.66. The highest BCUT2D eigenvalue weighted by molar-refractivity contribution is 7.98. The molecule has 0 radical (unpaired) electrons. The quantitative estimate of drug-likeness (QED) is 0.320. The Morgan fingerprint density at radius 2 is 1.56 bits per heavy atom. The third-order valence-corrected chi connectivity index (χ3v) is 5.95. The highest BCUT2D eigenvalue weighted by Crippen LogP contribution is 2.42. The Bertz CT molecular complexity index is 1300. The first-order valence-electron chi connectivity index (χ1n) is 10.1. The van der Waals surface area contributed by atoms with E-state index in [0.29, 0.717) is 50.9 Å². The summed E-state index contributed by atoms with van der Waals surface area (Å²) in [5.41, 5.74) is 2.07. The van der Waals surface area contributed by atoms with Crippen molar-refractivity contribution in [3.8, 4) is 28.5 Å². The Kier molecular flexibility index (Phi) is 6.56. The molecular formula is C23H21F3N4O3S. The van der Waals surface area contributed by atoms with Gasteiger partial charge in [0, 0.05) is 23.6 Å². The second kappa shape index (κ2) is 9.41. The highest BCUT2D eigenvalue weighted by atomic mass is 32.2. The van der Waals surface area contributed by atoms with E-state index >= 15 is 0 Å². The standard InChI is InChI=1S/C23H21F3N4O3S/c1-13-9-17(20-18(32-3)10-16(31-2)11-19(20)33-4)30-21(27-13)28-22(29-30)34-12-14-5-7-15(8-6-14)23(24,25)26/h5-11H,12H2,1-4H3. The molecule has 0 fully saturated rings. The van der Waals surface area contributed by atoms with E-state index in [1.165, 1.54) is 23.9 Å². The molecule has 11 heteroatoms. The molecule has 34 heavy (non-hydrogen) atoms. The van der Waals surface area contributed by atoms with Gasteiger partial charge in [0.15, 0.2) is 0 Å². The predicted molar refractivity (Wildman–Crippen MR) is 122 cm³/mol. The Hall–Kier alpha value is -3.47. The van der Waals surface area contributed by atoms with Gasteiger partial charge in [0.1, 0.15) is 17.2 Å². The number of nitrogens with zero attached hydrogens (tertiary/aromatic N) is 4. The van der Waals surface area contributed by atoms with Crippen LogP contribution in [0.1, 0.15) is 16.8 Å². The van der Waals surface area contributed by atoms with E-state index in [4.69, 9.17) is 14.2 Å². The maximum Gasteiger partial charge on any atom is 0.416 e. The molecule has 2 aromatic carbocycles. The SMILES string of the molecule is COc1cc(OC)c(-c2cc(C)nc3nc(SCc4ccc(C(F)(F)F)cc4)nn23)c(OC)c1. The number of rotatable bonds is 7. The van der Waals surface area contributed by atoms with E-state index in [0.717, 1.165) is 17.7 Å². The minimum absolute atomic E-state index is 0.379. The van der Waals surface area contributed by atoms with Crippen molar-refractivity contribution in [1.82, 2.24) is 19.6 Å². The van der Waals surface area contributed by atoms with Crippen LogP contribution < -0.4 is 14.2 Å². The van der Waals surface area contributed by atoms with Crippen LogP contribution in [-0.2, 0) is 11.9 Å². The summed E-state index contributed by atoms with van der Waals surface area (Å²) in [4.78, 5) is 8.96. The first kappa shape index (κ1) is 23.7. The normalized spacial score (nSPS) is 11.6. The number of hydrogen-bond donors (Lipinski definition) is 0. The van der Waals surface area contributed by atoms with Crippen LogP contribution >= 0.6 is 11.8 Å². The molecule has 0 aliphatic heterocycles. The van der Waals surface area contributed by atoms with Gasteiger partial charge in [-0.15, -0.1) is 5.10 Å². The Labute approximate surface area is 197 Å². The lowest BCUT2D eigenvalue weighted by Crippen LogP contribution is -2.04. The zero-order chi connectivity index (χ0) is 24.5. The molecule has 0 saturated carbocycles. The van der Waals surface area contributed by atoms with Gasteiger partial charge in [0.25, 0.3) is 5.78 Å². The fourth-order valence-corrected chi connectivity index (χ4v) is 4.18. The molecule has 2 aromatic heterocycles. The number of hydrogen-bond acceptors (Lipinski definition) is 7. The molecular weight excluding hydrogens is 469 g/mol. The van der Waals surface area contributed by atoms with Gasteiger partial charge < -0.3 is 14.2 Å². The number of thioether (sulfide) groups is 1. The Morgan fingerprint density at radius 1 is 0.912 bits per heavy atom. The van der Waals surface area contributed by atoms with Gasteiger partial charge in [-0.2, -0.15) is 22.7 Å². The fourth-order valence-electron chi connectivity index (χ4n) is 3.40. The topological polar surface area (TPSA) is 70.8 Å². The number of benzene rings is 2. The molecule has 0 aliphatic carbocycles. The molecule has 0 spiro atoms. The lowest BCUT2D eigenvalue weighted by atomic mass is 10.1. The molecule has 4 aromatic rings. The minimum atomic E-state index is -4.36. The van der Waals surface area contributed by atoms with Crippen LogP contribution in [0, 0.1) is 6.92 Å². The maximum atomic E-state index is 12.8. The van der Waals surface area contributed by atoms with Gasteiger partial charge >= 0.3 is 6.18 Å². The van der Waals surface area contributed by atoms with Crippen molar-refractivity contribution in [3.63, 3.8) is 0 Å². The van der Waals surface area contributed by atoms with Crippen LogP contribution in [0.5, 0.6) is 17.2 Å². The maximum absolute atomic E-state index is 12.8. The molecule has 0 amide bonds. The molecule has 0 saturated heterocycles. The van der Waals surface area contributed by atoms with Crippen molar-refractivity contribution in [3.05, 3.63) is 59.3 Å². The highest BCUT2D eigenvalue weighted by Gasteiger charge is 2.30. The average molecular weight is 491 g/mol. The van der Waals surface area contributed by atoms with Gasteiger partial charge in [0.05, 0.1) is 38.2 Å². The fraction of sp³-hybridized carbons (Fsp3) is 0.261. The number of alkyl halides is 3. The summed E-state index contributed by atoms with van der Waals surface area (Å²) >= 11 is 1.30. The average Bonchev–Trinajstić information content (AvgIpc) is 3.23. The van der Waals surface area contributed by atoms with Gasteiger partial charge in [-0.25, -0.2) is 4.98 Å². The van der Waals surface area contributed by atoms with E-state index in [1.54, 1.807) is 38.0 Å². The summed E-state index contributed by atoms with van der Waals surface area (Å²) in [6, 6.07) is 10.4. The van der Waals surface area contributed by atoms with Crippen LogP contribution in [-0.4, -0.2) is 40.9 Å². The van der Waals surface area contributed by atoms with E-state index < -0.39 is 11.7 Å². The third kappa shape index (κ3) is 4.74. The molecule has 4 rings (SSSR count). The van der Waals surface area contributed by atoms with Crippen molar-refractivity contribution < 1.29 is 27.4 Å². The van der Waals surface area contributed by atoms with Crippen molar-refractivity contribution >= 4 is 17.5 Å². The summed E-state index contributed by atoms with van der Waals surface area (Å²) in [6.45, 7) is 1.84. The molecule has 0 bridgehead atoms. The number of ether oxygens (including phenoxy) is 3. The number of aromatic nitrogens is 4. The third-order valence-electron chi connectivity index (χ3n) is 5.04. The molecule has 0 atom stereocenters. The second-order valence-corrected chi connectivity index (χ2v) is 8.22. The number of methoxy groups -OCH3 is 3. The summed E-state index contributed by atoms with van der Waals surface area (Å²) in [6.07, 6.45) is -4.36. The van der Waals surface area contributed by atoms with Crippen LogP contribution in [0.4, 0.5) is 13.2 Å². The van der Waals surface area contributed by atoms with Crippen LogP contribution in [0.3, 0.4) is 0 Å². The Balaban J connectivity index is 1.70. The van der Waals surface area contributed by atoms with Crippen molar-refractivity contribution in [2.24, 2.45) is 0 Å². The zero-order valence-electron chi connectivity index (χ0n) is 18.8. The number of halogens is 3. The molecule has 0 N–H and O–H groups in total. The molecule has 2 heterocycles. The summed E-state index contributed by atoms with van der Waals surface area (Å²) in [5.74, 6) is 2.41. The smallest absolute Gasteiger partial charge is 0.416 e. The van der Waals surface area contributed by atoms with E-state index in [-0.39, 0.29) is 0 Å². The lowest BCUT2D eigenvalue weighted by molar-refractivity contribution is -0.137. The number of fused-ring (bicyclic) bond motifs is 1. The van der Waals surface area contributed by atoms with Gasteiger partial charge in [-0.05, 0) is 30.7 Å². The van der Waals surface area contributed by atoms with Crippen molar-refractivity contribution in [2.45, 2.75) is 24.0 Å². The molecule has 0 aliphatic rings. The monoisotopic (exact) mass is 490 g/mol. The minimum Gasteiger partial charge on any atom is -0.496 e. The van der Waals surface area contributed by atoms with Crippen LogP contribution in [0.2, 0.25) is 0 Å². The van der Waals surface area contributed by atoms with Gasteiger partial charge in [0.2, 0.25) is 5.16 Å². The van der Waals surface area contributed by atoms with Crippen molar-refractivity contribution in [2.75, 3.05) is 21.3 Å². The predicted octanol–water partition coefficient (Wildman–Crippen LogP) is 5.44. The molecule has 0 unspecified atom stereocenters. The summed E-state index contributed by atoms with van der Waals surface area (Å²) in [5, 5.41) is 5.01. The largest absolute Gasteiger partial charge is 0.496 e. The molecule has 178 valence electrons. The zero-order valence-corrected chi connectivity index (χ0v) is 19.6. The van der Waals surface area contributed by atoms with E-state index in [9.17, 15) is 13.2 Å². The molecule has 7 nitrogen and oxygen atoms in total. The first-order valence-corrected chi connectivity index (χ1v) is 11.1. The van der Waals surface area contributed by atoms with Crippen LogP contribution in [0.25, 0.3) is 17.0 Å². The lowest BCUT2D eigenvalue weighted by Gasteiger charge is -2.16. The second-order valence-electron chi connectivity index (χ2n) is 7.28. The van der Waals surface area contributed by atoms with E-state index in [2.05, 4.69) is 15.1 Å². The first-order chi connectivity index (χ1) is 16.2. The van der Waals surface area contributed by atoms with Gasteiger partial charge in [-0.1, -0.05) is 23.9 Å². The number of aryl methyl sites for hydroxylation is 1.